The van der Waals surface area contributed by atoms with Gasteiger partial charge in [-0.05, 0) is 39.8 Å². The Morgan fingerprint density at radius 2 is 1.89 bits per heavy atom. The number of piperazine rings is 1. The van der Waals surface area contributed by atoms with E-state index in [2.05, 4.69) is 37.6 Å². The molecule has 1 amide bonds. The summed E-state index contributed by atoms with van der Waals surface area (Å²) >= 11 is 0. The number of aliphatic imine (C=N–C) groups is 1. The van der Waals surface area contributed by atoms with Gasteiger partial charge in [-0.15, -0.1) is 24.0 Å². The Bertz CT molecular complexity index is 652. The number of carbonyl (C=O) groups excluding carboxylic acids is 1. The number of nitrogens with one attached hydrogen (secondary N) is 2. The molecule has 0 aliphatic carbocycles. The molecule has 2 rings (SSSR count). The number of methoxy groups -OCH3 is 1. The molecule has 1 aromatic carbocycles. The highest BCUT2D eigenvalue weighted by atomic mass is 127. The van der Waals surface area contributed by atoms with E-state index in [-0.39, 0.29) is 42.0 Å². The summed E-state index contributed by atoms with van der Waals surface area (Å²) in [5.74, 6) is 1.61. The molecule has 0 bridgehead atoms. The van der Waals surface area contributed by atoms with E-state index in [1.54, 1.807) is 7.11 Å². The minimum atomic E-state index is -0.243. The molecule has 0 radical (unpaired) electrons. The summed E-state index contributed by atoms with van der Waals surface area (Å²) in [6, 6.07) is 8.14. The van der Waals surface area contributed by atoms with Crippen LogP contribution in [0.3, 0.4) is 0 Å². The summed E-state index contributed by atoms with van der Waals surface area (Å²) in [6.07, 6.45) is 0. The number of guanidine groups is 1. The Kier molecular flexibility index (Phi) is 9.84. The van der Waals surface area contributed by atoms with Crippen LogP contribution in [-0.4, -0.2) is 68.7 Å². The number of benzene rings is 1. The minimum absolute atomic E-state index is 0. The van der Waals surface area contributed by atoms with Gasteiger partial charge in [0.1, 0.15) is 12.3 Å². The maximum Gasteiger partial charge on any atom is 0.242 e. The molecule has 0 spiro atoms. The first-order valence-corrected chi connectivity index (χ1v) is 9.55. The van der Waals surface area contributed by atoms with Crippen molar-refractivity contribution in [3.8, 4) is 5.75 Å². The van der Waals surface area contributed by atoms with Crippen LogP contribution < -0.4 is 20.3 Å². The smallest absolute Gasteiger partial charge is 0.242 e. The summed E-state index contributed by atoms with van der Waals surface area (Å²) < 4.78 is 5.32. The zero-order chi connectivity index (χ0) is 19.9. The van der Waals surface area contributed by atoms with Crippen LogP contribution in [0.1, 0.15) is 27.7 Å². The standard InChI is InChI=1S/C20H33N5O2.HI/c1-6-21-19(22-15-18(26)23-20(2,3)4)25-12-10-24(11-13-25)16-8-7-9-17(14-16)27-5;/h7-9,14H,6,10-13,15H2,1-5H3,(H,21,22)(H,23,26);1H. The third-order valence-corrected chi connectivity index (χ3v) is 4.22. The van der Waals surface area contributed by atoms with E-state index in [0.29, 0.717) is 0 Å². The van der Waals surface area contributed by atoms with Crippen LogP contribution in [0.5, 0.6) is 5.75 Å². The topological polar surface area (TPSA) is 69.2 Å². The average molecular weight is 503 g/mol. The van der Waals surface area contributed by atoms with Gasteiger partial charge in [-0.1, -0.05) is 6.07 Å². The Hall–Kier alpha value is -1.71. The highest BCUT2D eigenvalue weighted by molar-refractivity contribution is 14.0. The van der Waals surface area contributed by atoms with Crippen molar-refractivity contribution in [2.24, 2.45) is 4.99 Å². The molecule has 0 aromatic heterocycles. The fourth-order valence-electron chi connectivity index (χ4n) is 3.01. The van der Waals surface area contributed by atoms with E-state index in [0.717, 1.165) is 44.4 Å². The number of ether oxygens (including phenoxy) is 1. The minimum Gasteiger partial charge on any atom is -0.497 e. The number of halogens is 1. The predicted octanol–water partition coefficient (Wildman–Crippen LogP) is 2.32. The number of rotatable bonds is 5. The molecule has 158 valence electrons. The van der Waals surface area contributed by atoms with Crippen LogP contribution in [0.25, 0.3) is 0 Å². The second-order valence-corrected chi connectivity index (χ2v) is 7.64. The van der Waals surface area contributed by atoms with Crippen molar-refractivity contribution in [1.29, 1.82) is 0 Å². The van der Waals surface area contributed by atoms with Gasteiger partial charge in [-0.25, -0.2) is 4.99 Å². The maximum atomic E-state index is 12.1. The van der Waals surface area contributed by atoms with Crippen molar-refractivity contribution in [3.63, 3.8) is 0 Å². The summed E-state index contributed by atoms with van der Waals surface area (Å²) in [7, 11) is 1.69. The largest absolute Gasteiger partial charge is 0.497 e. The van der Waals surface area contributed by atoms with Gasteiger partial charge in [-0.2, -0.15) is 0 Å². The first-order valence-electron chi connectivity index (χ1n) is 9.55. The third kappa shape index (κ3) is 7.73. The first kappa shape index (κ1) is 24.3. The summed E-state index contributed by atoms with van der Waals surface area (Å²) in [4.78, 5) is 21.1. The van der Waals surface area contributed by atoms with Crippen LogP contribution in [0.2, 0.25) is 0 Å². The molecule has 0 saturated carbocycles. The van der Waals surface area contributed by atoms with Gasteiger partial charge in [0, 0.05) is 50.0 Å². The van der Waals surface area contributed by atoms with E-state index >= 15 is 0 Å². The number of carbonyl (C=O) groups is 1. The molecule has 0 unspecified atom stereocenters. The second kappa shape index (κ2) is 11.3. The van der Waals surface area contributed by atoms with Gasteiger partial charge in [0.05, 0.1) is 7.11 Å². The van der Waals surface area contributed by atoms with Crippen molar-refractivity contribution in [3.05, 3.63) is 24.3 Å². The number of amides is 1. The highest BCUT2D eigenvalue weighted by Gasteiger charge is 2.21. The van der Waals surface area contributed by atoms with E-state index in [1.165, 1.54) is 5.69 Å². The van der Waals surface area contributed by atoms with Crippen molar-refractivity contribution in [2.45, 2.75) is 33.2 Å². The number of anilines is 1. The lowest BCUT2D eigenvalue weighted by molar-refractivity contribution is -0.121. The lowest BCUT2D eigenvalue weighted by Crippen LogP contribution is -2.53. The quantitative estimate of drug-likeness (QED) is 0.367. The molecule has 2 N–H and O–H groups in total. The molecule has 7 nitrogen and oxygen atoms in total. The van der Waals surface area contributed by atoms with Crippen molar-refractivity contribution < 1.29 is 9.53 Å². The van der Waals surface area contributed by atoms with E-state index in [4.69, 9.17) is 4.74 Å². The molecule has 1 heterocycles. The number of nitrogens with zero attached hydrogens (tertiary/aromatic N) is 3. The Labute approximate surface area is 185 Å². The molecule has 1 fully saturated rings. The fourth-order valence-corrected chi connectivity index (χ4v) is 3.01. The lowest BCUT2D eigenvalue weighted by Gasteiger charge is -2.37. The molecule has 1 aliphatic rings. The van der Waals surface area contributed by atoms with Crippen LogP contribution in [0, 0.1) is 0 Å². The van der Waals surface area contributed by atoms with E-state index in [9.17, 15) is 4.79 Å². The molecule has 1 aliphatic heterocycles. The molecular weight excluding hydrogens is 469 g/mol. The molecule has 8 heteroatoms. The van der Waals surface area contributed by atoms with Crippen LogP contribution in [-0.2, 0) is 4.79 Å². The van der Waals surface area contributed by atoms with Gasteiger partial charge < -0.3 is 25.2 Å². The molecular formula is C20H34IN5O2. The molecule has 0 atom stereocenters. The van der Waals surface area contributed by atoms with Crippen molar-refractivity contribution >= 4 is 41.5 Å². The van der Waals surface area contributed by atoms with Crippen LogP contribution in [0.15, 0.2) is 29.3 Å². The maximum absolute atomic E-state index is 12.1. The predicted molar refractivity (Wildman–Crippen MR) is 126 cm³/mol. The van der Waals surface area contributed by atoms with Gasteiger partial charge in [0.15, 0.2) is 5.96 Å². The fraction of sp³-hybridized carbons (Fsp3) is 0.600. The molecule has 1 saturated heterocycles. The first-order chi connectivity index (χ1) is 12.8. The Morgan fingerprint density at radius 1 is 1.21 bits per heavy atom. The SMILES string of the molecule is CCNC(=NCC(=O)NC(C)(C)C)N1CCN(c2cccc(OC)c2)CC1.I. The van der Waals surface area contributed by atoms with E-state index < -0.39 is 0 Å². The summed E-state index contributed by atoms with van der Waals surface area (Å²) in [5.41, 5.74) is 0.924. The highest BCUT2D eigenvalue weighted by Crippen LogP contribution is 2.22. The van der Waals surface area contributed by atoms with Crippen molar-refractivity contribution in [1.82, 2.24) is 15.5 Å². The Morgan fingerprint density at radius 3 is 2.46 bits per heavy atom. The lowest BCUT2D eigenvalue weighted by atomic mass is 10.1. The molecule has 28 heavy (non-hydrogen) atoms. The van der Waals surface area contributed by atoms with Crippen LogP contribution >= 0.6 is 24.0 Å². The normalized spacial score (nSPS) is 15.0. The average Bonchev–Trinajstić information content (AvgIpc) is 2.64. The zero-order valence-electron chi connectivity index (χ0n) is 17.6. The second-order valence-electron chi connectivity index (χ2n) is 7.64. The number of hydrogen-bond donors (Lipinski definition) is 2. The molecule has 1 aromatic rings. The van der Waals surface area contributed by atoms with Gasteiger partial charge in [0.25, 0.3) is 0 Å². The van der Waals surface area contributed by atoms with Gasteiger partial charge in [0.2, 0.25) is 5.91 Å². The van der Waals surface area contributed by atoms with Gasteiger partial charge >= 0.3 is 0 Å². The Balaban J connectivity index is 0.00000392. The number of hydrogen-bond acceptors (Lipinski definition) is 4. The van der Waals surface area contributed by atoms with E-state index in [1.807, 2.05) is 39.8 Å². The summed E-state index contributed by atoms with van der Waals surface area (Å²) in [5, 5.41) is 6.25. The third-order valence-electron chi connectivity index (χ3n) is 4.22. The zero-order valence-corrected chi connectivity index (χ0v) is 19.9. The summed E-state index contributed by atoms with van der Waals surface area (Å²) in [6.45, 7) is 12.3. The van der Waals surface area contributed by atoms with Crippen molar-refractivity contribution in [2.75, 3.05) is 51.3 Å². The monoisotopic (exact) mass is 503 g/mol. The van der Waals surface area contributed by atoms with Crippen LogP contribution in [0.4, 0.5) is 5.69 Å². The van der Waals surface area contributed by atoms with Gasteiger partial charge in [-0.3, -0.25) is 4.79 Å².